The molecule has 1 aromatic rings. The summed E-state index contributed by atoms with van der Waals surface area (Å²) >= 11 is 0. The van der Waals surface area contributed by atoms with E-state index in [1.807, 2.05) is 17.4 Å². The molecule has 0 bridgehead atoms. The predicted octanol–water partition coefficient (Wildman–Crippen LogP) is 2.40. The second kappa shape index (κ2) is 6.30. The topological polar surface area (TPSA) is 62.9 Å². The highest BCUT2D eigenvalue weighted by Gasteiger charge is 2.39. The van der Waals surface area contributed by atoms with Crippen molar-refractivity contribution in [1.82, 2.24) is 14.5 Å². The Kier molecular flexibility index (Phi) is 4.23. The van der Waals surface area contributed by atoms with Crippen LogP contribution in [0, 0.1) is 12.3 Å². The van der Waals surface area contributed by atoms with Gasteiger partial charge >= 0.3 is 0 Å². The Hall–Kier alpha value is -2.16. The van der Waals surface area contributed by atoms with Crippen LogP contribution in [-0.4, -0.2) is 39.1 Å². The van der Waals surface area contributed by atoms with Gasteiger partial charge in [0.1, 0.15) is 0 Å². The number of carbonyl (C=O) groups excluding carboxylic acids is 1. The van der Waals surface area contributed by atoms with E-state index in [-0.39, 0.29) is 11.6 Å². The van der Waals surface area contributed by atoms with Gasteiger partial charge in [-0.2, -0.15) is 10.2 Å². The largest absolute Gasteiger partial charge is 0.341 e. The average molecular weight is 299 g/mol. The van der Waals surface area contributed by atoms with E-state index in [9.17, 15) is 4.79 Å². The van der Waals surface area contributed by atoms with Crippen LogP contribution in [0.1, 0.15) is 44.6 Å². The fourth-order valence-electron chi connectivity index (χ4n) is 3.04. The van der Waals surface area contributed by atoms with Crippen molar-refractivity contribution in [1.29, 1.82) is 0 Å². The minimum atomic E-state index is -0.360. The van der Waals surface area contributed by atoms with Gasteiger partial charge in [0.15, 0.2) is 5.66 Å². The van der Waals surface area contributed by atoms with Crippen LogP contribution in [0.3, 0.4) is 0 Å². The second-order valence-electron chi connectivity index (χ2n) is 6.03. The molecule has 2 aliphatic rings. The molecule has 0 aromatic carbocycles. The third-order valence-corrected chi connectivity index (χ3v) is 4.49. The van der Waals surface area contributed by atoms with Gasteiger partial charge in [-0.15, -0.1) is 12.3 Å². The maximum Gasteiger partial charge on any atom is 0.222 e. The number of aromatic nitrogens is 2. The summed E-state index contributed by atoms with van der Waals surface area (Å²) < 4.78 is 2.10. The molecule has 1 fully saturated rings. The number of carbonyl (C=O) groups is 1. The SMILES string of the molecule is C#CCCC1(CCC(=O)N2CCCC(n3ccnc3)C2)N=N1. The highest BCUT2D eigenvalue weighted by molar-refractivity contribution is 5.76. The normalized spacial score (nSPS) is 22.3. The molecule has 3 heterocycles. The zero-order valence-electron chi connectivity index (χ0n) is 12.7. The molecule has 1 atom stereocenters. The van der Waals surface area contributed by atoms with Gasteiger partial charge in [0.2, 0.25) is 5.91 Å². The van der Waals surface area contributed by atoms with Crippen molar-refractivity contribution in [2.75, 3.05) is 13.1 Å². The van der Waals surface area contributed by atoms with Crippen LogP contribution in [0.4, 0.5) is 0 Å². The summed E-state index contributed by atoms with van der Waals surface area (Å²) in [5.41, 5.74) is -0.360. The molecule has 1 aromatic heterocycles. The van der Waals surface area contributed by atoms with Gasteiger partial charge in [-0.1, -0.05) is 0 Å². The first-order chi connectivity index (χ1) is 10.7. The van der Waals surface area contributed by atoms with Crippen molar-refractivity contribution < 1.29 is 4.79 Å². The van der Waals surface area contributed by atoms with Crippen LogP contribution in [0.5, 0.6) is 0 Å². The van der Waals surface area contributed by atoms with Crippen LogP contribution >= 0.6 is 0 Å². The van der Waals surface area contributed by atoms with Gasteiger partial charge in [0.25, 0.3) is 0 Å². The number of terminal acetylenes is 1. The van der Waals surface area contributed by atoms with Crippen molar-refractivity contribution in [3.05, 3.63) is 18.7 Å². The van der Waals surface area contributed by atoms with Crippen molar-refractivity contribution >= 4 is 5.91 Å². The highest BCUT2D eigenvalue weighted by Crippen LogP contribution is 2.37. The van der Waals surface area contributed by atoms with Gasteiger partial charge in [-0.3, -0.25) is 4.79 Å². The van der Waals surface area contributed by atoms with Crippen LogP contribution < -0.4 is 0 Å². The van der Waals surface area contributed by atoms with E-state index in [1.54, 1.807) is 6.20 Å². The Balaban J connectivity index is 1.49. The third kappa shape index (κ3) is 3.35. The standard InChI is InChI=1S/C16H21N5O/c1-2-3-7-16(18-19-16)8-6-15(22)20-10-4-5-14(12-20)21-11-9-17-13-21/h1,9,11,13-14H,3-8,10,12H2. The van der Waals surface area contributed by atoms with Crippen LogP contribution in [-0.2, 0) is 4.79 Å². The maximum atomic E-state index is 12.4. The molecule has 22 heavy (non-hydrogen) atoms. The molecule has 2 aliphatic heterocycles. The lowest BCUT2D eigenvalue weighted by Crippen LogP contribution is -2.40. The van der Waals surface area contributed by atoms with Crippen molar-refractivity contribution in [3.63, 3.8) is 0 Å². The lowest BCUT2D eigenvalue weighted by molar-refractivity contribution is -0.133. The number of hydrogen-bond acceptors (Lipinski definition) is 4. The fraction of sp³-hybridized carbons (Fsp3) is 0.625. The number of imidazole rings is 1. The van der Waals surface area contributed by atoms with E-state index < -0.39 is 0 Å². The van der Waals surface area contributed by atoms with E-state index in [4.69, 9.17) is 6.42 Å². The minimum Gasteiger partial charge on any atom is -0.341 e. The lowest BCUT2D eigenvalue weighted by atomic mass is 10.0. The summed E-state index contributed by atoms with van der Waals surface area (Å²) in [5.74, 6) is 2.81. The number of piperidine rings is 1. The monoisotopic (exact) mass is 299 g/mol. The highest BCUT2D eigenvalue weighted by atomic mass is 16.2. The van der Waals surface area contributed by atoms with Crippen LogP contribution in [0.25, 0.3) is 0 Å². The molecule has 1 amide bonds. The van der Waals surface area contributed by atoms with E-state index in [0.29, 0.717) is 25.3 Å². The summed E-state index contributed by atoms with van der Waals surface area (Å²) in [7, 11) is 0. The first-order valence-electron chi connectivity index (χ1n) is 7.85. The number of rotatable bonds is 6. The Bertz CT molecular complexity index is 580. The molecule has 1 unspecified atom stereocenters. The first kappa shape index (κ1) is 14.8. The summed E-state index contributed by atoms with van der Waals surface area (Å²) in [6.45, 7) is 1.61. The summed E-state index contributed by atoms with van der Waals surface area (Å²) in [6.07, 6.45) is 15.6. The quantitative estimate of drug-likeness (QED) is 0.757. The van der Waals surface area contributed by atoms with Crippen molar-refractivity contribution in [2.24, 2.45) is 10.2 Å². The Labute approximate surface area is 130 Å². The second-order valence-corrected chi connectivity index (χ2v) is 6.03. The van der Waals surface area contributed by atoms with Gasteiger partial charge in [0.05, 0.1) is 12.4 Å². The van der Waals surface area contributed by atoms with E-state index in [0.717, 1.165) is 32.4 Å². The summed E-state index contributed by atoms with van der Waals surface area (Å²) in [4.78, 5) is 18.5. The first-order valence-corrected chi connectivity index (χ1v) is 7.85. The number of likely N-dealkylation sites (tertiary alicyclic amines) is 1. The molecule has 3 rings (SSSR count). The van der Waals surface area contributed by atoms with Gasteiger partial charge in [0, 0.05) is 51.2 Å². The van der Waals surface area contributed by atoms with Crippen molar-refractivity contribution in [2.45, 2.75) is 50.2 Å². The van der Waals surface area contributed by atoms with Gasteiger partial charge in [-0.05, 0) is 12.8 Å². The molecule has 116 valence electrons. The zero-order chi connectivity index (χ0) is 15.4. The molecule has 0 aliphatic carbocycles. The Morgan fingerprint density at radius 2 is 2.27 bits per heavy atom. The van der Waals surface area contributed by atoms with Gasteiger partial charge in [-0.25, -0.2) is 4.98 Å². The fourth-order valence-corrected chi connectivity index (χ4v) is 3.04. The number of hydrogen-bond donors (Lipinski definition) is 0. The zero-order valence-corrected chi connectivity index (χ0v) is 12.7. The minimum absolute atomic E-state index is 0.196. The molecule has 1 saturated heterocycles. The van der Waals surface area contributed by atoms with E-state index in [1.165, 1.54) is 0 Å². The molecule has 6 nitrogen and oxygen atoms in total. The maximum absolute atomic E-state index is 12.4. The Morgan fingerprint density at radius 3 is 2.95 bits per heavy atom. The smallest absolute Gasteiger partial charge is 0.222 e. The molecular formula is C16H21N5O. The molecule has 0 radical (unpaired) electrons. The Morgan fingerprint density at radius 1 is 1.41 bits per heavy atom. The summed E-state index contributed by atoms with van der Waals surface area (Å²) in [5, 5.41) is 8.18. The molecule has 0 N–H and O–H groups in total. The van der Waals surface area contributed by atoms with Crippen LogP contribution in [0.2, 0.25) is 0 Å². The van der Waals surface area contributed by atoms with Gasteiger partial charge < -0.3 is 9.47 Å². The summed E-state index contributed by atoms with van der Waals surface area (Å²) in [6, 6.07) is 0.339. The predicted molar refractivity (Wildman–Crippen MR) is 82.0 cm³/mol. The van der Waals surface area contributed by atoms with E-state index in [2.05, 4.69) is 25.7 Å². The van der Waals surface area contributed by atoms with Crippen LogP contribution in [0.15, 0.2) is 28.9 Å². The number of amides is 1. The van der Waals surface area contributed by atoms with Crippen molar-refractivity contribution in [3.8, 4) is 12.3 Å². The average Bonchev–Trinajstić information content (AvgIpc) is 3.10. The molecule has 0 saturated carbocycles. The molecule has 6 heteroatoms. The lowest BCUT2D eigenvalue weighted by Gasteiger charge is -2.33. The van der Waals surface area contributed by atoms with E-state index >= 15 is 0 Å². The number of nitrogens with zero attached hydrogens (tertiary/aromatic N) is 5. The molecular weight excluding hydrogens is 278 g/mol. The molecule has 0 spiro atoms. The third-order valence-electron chi connectivity index (χ3n) is 4.49.